The van der Waals surface area contributed by atoms with Gasteiger partial charge in [0.15, 0.2) is 17.6 Å². The molecule has 4 heterocycles. The molecule has 5 rings (SSSR count). The fourth-order valence-corrected chi connectivity index (χ4v) is 4.90. The number of nitrogens with zero attached hydrogens (tertiary/aromatic N) is 4. The average Bonchev–Trinajstić information content (AvgIpc) is 3.33. The van der Waals surface area contributed by atoms with Crippen LogP contribution in [0.15, 0.2) is 47.7 Å². The van der Waals surface area contributed by atoms with E-state index in [4.69, 9.17) is 61.4 Å². The number of carbonyl (C=O) groups is 4. The molecule has 1 amide bonds. The zero-order valence-corrected chi connectivity index (χ0v) is 29.5. The molecule has 0 saturated carbocycles. The molecule has 1 atom stereocenters. The molecule has 4 aromatic rings. The lowest BCUT2D eigenvalue weighted by atomic mass is 9.89. The molecule has 49 heavy (non-hydrogen) atoms. The molecular weight excluding hydrogens is 724 g/mol. The summed E-state index contributed by atoms with van der Waals surface area (Å²) in [5.74, 6) is -3.34. The Labute approximate surface area is 299 Å². The molecule has 0 aliphatic carbocycles. The number of aromatic carboxylic acids is 2. The van der Waals surface area contributed by atoms with Crippen LogP contribution in [0.4, 0.5) is 0 Å². The number of hydrogen-bond acceptors (Lipinski definition) is 9. The van der Waals surface area contributed by atoms with Crippen LogP contribution in [0.25, 0.3) is 10.9 Å². The highest BCUT2D eigenvalue weighted by Crippen LogP contribution is 2.30. The van der Waals surface area contributed by atoms with E-state index in [1.807, 2.05) is 26.8 Å². The van der Waals surface area contributed by atoms with Crippen molar-refractivity contribution in [2.45, 2.75) is 40.2 Å². The van der Waals surface area contributed by atoms with Crippen molar-refractivity contribution in [1.29, 1.82) is 0 Å². The number of amidine groups is 1. The van der Waals surface area contributed by atoms with Crippen LogP contribution in [-0.2, 0) is 9.59 Å². The molecule has 3 aromatic heterocycles. The summed E-state index contributed by atoms with van der Waals surface area (Å²) in [6, 6.07) is 8.07. The average molecular weight is 753 g/mol. The molecule has 1 aliphatic heterocycles. The van der Waals surface area contributed by atoms with Gasteiger partial charge >= 0.3 is 17.9 Å². The Kier molecular flexibility index (Phi) is 12.9. The number of amides is 1. The topological polar surface area (TPSA) is 201 Å². The number of benzene rings is 1. The van der Waals surface area contributed by atoms with Crippen molar-refractivity contribution in [3.63, 3.8) is 0 Å². The van der Waals surface area contributed by atoms with E-state index in [0.717, 1.165) is 16.5 Å². The molecule has 0 fully saturated rings. The first-order valence-corrected chi connectivity index (χ1v) is 15.6. The van der Waals surface area contributed by atoms with Gasteiger partial charge in [-0.2, -0.15) is 4.98 Å². The molecule has 17 heteroatoms. The molecule has 1 unspecified atom stereocenters. The van der Waals surface area contributed by atoms with Crippen molar-refractivity contribution in [3.8, 4) is 5.88 Å². The van der Waals surface area contributed by atoms with E-state index in [9.17, 15) is 24.3 Å². The second kappa shape index (κ2) is 16.2. The summed E-state index contributed by atoms with van der Waals surface area (Å²) in [6.07, 6.45) is 3.19. The van der Waals surface area contributed by atoms with Crippen molar-refractivity contribution in [2.24, 2.45) is 10.9 Å². The first-order chi connectivity index (χ1) is 22.8. The van der Waals surface area contributed by atoms with E-state index in [0.29, 0.717) is 5.52 Å². The molecule has 0 bridgehead atoms. The normalized spacial score (nSPS) is 15.0. The van der Waals surface area contributed by atoms with Gasteiger partial charge in [0.1, 0.15) is 21.8 Å². The summed E-state index contributed by atoms with van der Waals surface area (Å²) in [4.78, 5) is 60.8. The second-order valence-electron chi connectivity index (χ2n) is 11.0. The quantitative estimate of drug-likeness (QED) is 0.145. The number of pyridine rings is 3. The minimum atomic E-state index is -1.13. The molecule has 0 saturated heterocycles. The number of carbonyl (C=O) groups excluding carboxylic acids is 1. The van der Waals surface area contributed by atoms with E-state index < -0.39 is 30.1 Å². The number of nitrogens with one attached hydrogen (secondary N) is 1. The number of aliphatic carboxylic acids is 1. The lowest BCUT2D eigenvalue weighted by Gasteiger charge is -2.21. The van der Waals surface area contributed by atoms with Crippen molar-refractivity contribution in [2.75, 3.05) is 6.61 Å². The van der Waals surface area contributed by atoms with Crippen molar-refractivity contribution in [1.82, 2.24) is 20.3 Å². The highest BCUT2D eigenvalue weighted by atomic mass is 35.5. The third-order valence-corrected chi connectivity index (χ3v) is 8.24. The molecule has 258 valence electrons. The van der Waals surface area contributed by atoms with Gasteiger partial charge in [0.2, 0.25) is 5.88 Å². The van der Waals surface area contributed by atoms with Crippen LogP contribution >= 0.6 is 46.4 Å². The number of hydrogen-bond donors (Lipinski definition) is 4. The number of ether oxygens (including phenoxy) is 1. The van der Waals surface area contributed by atoms with E-state index in [1.54, 1.807) is 38.4 Å². The lowest BCUT2D eigenvalue weighted by Crippen LogP contribution is -2.41. The highest BCUT2D eigenvalue weighted by molar-refractivity contribution is 6.42. The van der Waals surface area contributed by atoms with E-state index >= 15 is 0 Å². The van der Waals surface area contributed by atoms with Gasteiger partial charge in [0.25, 0.3) is 5.91 Å². The predicted octanol–water partition coefficient (Wildman–Crippen LogP) is 6.78. The number of halogens is 4. The van der Waals surface area contributed by atoms with Gasteiger partial charge in [0, 0.05) is 17.8 Å². The monoisotopic (exact) mass is 751 g/mol. The molecule has 1 aromatic carbocycles. The highest BCUT2D eigenvalue weighted by Gasteiger charge is 2.43. The lowest BCUT2D eigenvalue weighted by molar-refractivity contribution is -0.139. The first kappa shape index (κ1) is 38.9. The number of rotatable bonds is 7. The van der Waals surface area contributed by atoms with Crippen molar-refractivity contribution < 1.29 is 39.2 Å². The fourth-order valence-electron chi connectivity index (χ4n) is 4.12. The Morgan fingerprint density at radius 2 is 1.53 bits per heavy atom. The van der Waals surface area contributed by atoms with Gasteiger partial charge in [-0.1, -0.05) is 66.3 Å². The zero-order chi connectivity index (χ0) is 36.8. The molecule has 1 aliphatic rings. The first-order valence-electron chi connectivity index (χ1n) is 14.1. The molecule has 4 N–H and O–H groups in total. The second-order valence-corrected chi connectivity index (χ2v) is 12.6. The van der Waals surface area contributed by atoms with Crippen LogP contribution < -0.4 is 10.1 Å². The maximum atomic E-state index is 12.1. The van der Waals surface area contributed by atoms with E-state index in [1.165, 1.54) is 12.1 Å². The number of carboxylic acids is 3. The summed E-state index contributed by atoms with van der Waals surface area (Å²) in [7, 11) is 0. The SMILES string of the molecule is Cc1cnc(C2=NC(C)(C(C)C)C(=O)N2)c(C(=O)O)c1.Cc1cnc2c(C(=O)O)c(Cl)ccc2c1.O=C(O)COc1nc(Cl)c(Cl)cc1Cl. The standard InChI is InChI=1S/C14H17N3O3.C11H8ClNO2.C7H4Cl3NO3/c1-7(2)14(4)13(20)16-11(17-14)10-9(12(18)19)5-8(3)6-15-10;1-6-4-7-2-3-8(12)9(11(14)15)10(7)13-5-6;8-3-1-4(9)7(11-6(3)10)14-2-5(12)13/h5-7H,1-4H3,(H,18,19)(H,16,17,20);2-5H,1H3,(H,14,15);1H,2H2,(H,12,13). The Bertz CT molecular complexity index is 1990. The summed E-state index contributed by atoms with van der Waals surface area (Å²) in [5.41, 5.74) is 1.56. The smallest absolute Gasteiger partial charge is 0.341 e. The number of fused-ring (bicyclic) bond motifs is 1. The van der Waals surface area contributed by atoms with Gasteiger partial charge in [-0.15, -0.1) is 0 Å². The van der Waals surface area contributed by atoms with Crippen LogP contribution in [0.5, 0.6) is 5.88 Å². The number of aromatic nitrogens is 3. The maximum Gasteiger partial charge on any atom is 0.341 e. The summed E-state index contributed by atoms with van der Waals surface area (Å²) in [5, 5.41) is 30.5. The van der Waals surface area contributed by atoms with Crippen LogP contribution in [0.3, 0.4) is 0 Å². The van der Waals surface area contributed by atoms with Crippen LogP contribution in [0.1, 0.15) is 58.3 Å². The van der Waals surface area contributed by atoms with Crippen LogP contribution in [-0.4, -0.2) is 72.1 Å². The Morgan fingerprint density at radius 1 is 0.898 bits per heavy atom. The van der Waals surface area contributed by atoms with Gasteiger partial charge in [-0.25, -0.2) is 19.4 Å². The van der Waals surface area contributed by atoms with Gasteiger partial charge in [0.05, 0.1) is 21.1 Å². The molecule has 0 radical (unpaired) electrons. The third-order valence-electron chi connectivity index (χ3n) is 6.98. The van der Waals surface area contributed by atoms with Crippen LogP contribution in [0, 0.1) is 19.8 Å². The predicted molar refractivity (Wildman–Crippen MR) is 185 cm³/mol. The largest absolute Gasteiger partial charge is 0.479 e. The number of aryl methyl sites for hydroxylation is 2. The summed E-state index contributed by atoms with van der Waals surface area (Å²) in [6.45, 7) is 8.65. The fraction of sp³-hybridized carbons (Fsp3) is 0.250. The molecular formula is C32H29Cl4N5O8. The van der Waals surface area contributed by atoms with E-state index in [-0.39, 0.29) is 60.6 Å². The van der Waals surface area contributed by atoms with Crippen molar-refractivity contribution >= 4 is 87.0 Å². The minimum Gasteiger partial charge on any atom is -0.479 e. The van der Waals surface area contributed by atoms with Gasteiger partial charge < -0.3 is 25.4 Å². The third kappa shape index (κ3) is 9.54. The molecule has 13 nitrogen and oxygen atoms in total. The molecule has 0 spiro atoms. The minimum absolute atomic E-state index is 0.00118. The summed E-state index contributed by atoms with van der Waals surface area (Å²) < 4.78 is 4.75. The summed E-state index contributed by atoms with van der Waals surface area (Å²) >= 11 is 22.6. The number of aliphatic imine (C=N–C) groups is 1. The van der Waals surface area contributed by atoms with Crippen molar-refractivity contribution in [3.05, 3.63) is 90.9 Å². The Morgan fingerprint density at radius 3 is 2.10 bits per heavy atom. The Hall–Kier alpha value is -4.56. The van der Waals surface area contributed by atoms with Gasteiger partial charge in [-0.3, -0.25) is 14.8 Å². The Balaban J connectivity index is 0.000000203. The van der Waals surface area contributed by atoms with Gasteiger partial charge in [-0.05, 0) is 62.1 Å². The number of carboxylic acid groups (broad SMARTS) is 3. The zero-order valence-electron chi connectivity index (χ0n) is 26.5. The van der Waals surface area contributed by atoms with E-state index in [2.05, 4.69) is 25.3 Å². The maximum absolute atomic E-state index is 12.1. The van der Waals surface area contributed by atoms with Crippen LogP contribution in [0.2, 0.25) is 20.2 Å².